The van der Waals surface area contributed by atoms with Crippen molar-refractivity contribution in [2.45, 2.75) is 45.6 Å². The Balaban J connectivity index is 1.17. The Bertz CT molecular complexity index is 890. The summed E-state index contributed by atoms with van der Waals surface area (Å²) in [6, 6.07) is 4.01. The van der Waals surface area contributed by atoms with Crippen LogP contribution in [0.25, 0.3) is 10.7 Å². The van der Waals surface area contributed by atoms with Crippen molar-refractivity contribution >= 4 is 11.3 Å². The zero-order chi connectivity index (χ0) is 20.3. The summed E-state index contributed by atoms with van der Waals surface area (Å²) in [7, 11) is 0. The Morgan fingerprint density at radius 1 is 1.00 bits per heavy atom. The van der Waals surface area contributed by atoms with E-state index in [9.17, 15) is 0 Å². The summed E-state index contributed by atoms with van der Waals surface area (Å²) in [5.41, 5.74) is -0.0800. The molecule has 156 valence electrons. The molecule has 3 aromatic rings. The average Bonchev–Trinajstić information content (AvgIpc) is 3.44. The van der Waals surface area contributed by atoms with Crippen molar-refractivity contribution in [2.75, 3.05) is 32.7 Å². The van der Waals surface area contributed by atoms with Crippen LogP contribution in [0.4, 0.5) is 0 Å². The molecule has 0 amide bonds. The fraction of sp³-hybridized carbons (Fsp3) is 0.600. The molecule has 3 aromatic heterocycles. The van der Waals surface area contributed by atoms with Gasteiger partial charge < -0.3 is 13.9 Å². The lowest BCUT2D eigenvalue weighted by Crippen LogP contribution is -2.46. The zero-order valence-electron chi connectivity index (χ0n) is 17.3. The van der Waals surface area contributed by atoms with Crippen molar-refractivity contribution in [2.24, 2.45) is 0 Å². The van der Waals surface area contributed by atoms with Gasteiger partial charge in [0, 0.05) is 38.0 Å². The Hall–Kier alpha value is -2.10. The van der Waals surface area contributed by atoms with E-state index in [1.807, 2.05) is 17.5 Å². The first-order valence-electron chi connectivity index (χ1n) is 10.1. The molecular formula is C20H28N6O2S. The molecule has 29 heavy (non-hydrogen) atoms. The highest BCUT2D eigenvalue weighted by molar-refractivity contribution is 7.13. The molecule has 9 heteroatoms. The molecule has 0 aliphatic carbocycles. The number of piperazine rings is 1. The lowest BCUT2D eigenvalue weighted by atomic mass is 9.96. The van der Waals surface area contributed by atoms with Crippen LogP contribution < -0.4 is 0 Å². The van der Waals surface area contributed by atoms with Gasteiger partial charge in [-0.05, 0) is 24.4 Å². The van der Waals surface area contributed by atoms with Crippen molar-refractivity contribution in [3.8, 4) is 10.7 Å². The van der Waals surface area contributed by atoms with E-state index in [-0.39, 0.29) is 5.41 Å². The molecule has 4 rings (SSSR count). The maximum absolute atomic E-state index is 5.42. The highest BCUT2D eigenvalue weighted by atomic mass is 32.1. The SMILES string of the molecule is CC(C)(C)c1noc(CN2CCN(CCCc3nc(-c4cccs4)no3)CC2)n1. The second-order valence-electron chi connectivity index (χ2n) is 8.47. The molecular weight excluding hydrogens is 388 g/mol. The standard InChI is InChI=1S/C20H28N6O2S/c1-20(2,3)19-22-17(28-24-19)14-26-11-9-25(10-12-26)8-4-7-16-21-18(23-27-16)15-6-5-13-29-15/h5-6,13H,4,7-12,14H2,1-3H3. The van der Waals surface area contributed by atoms with Gasteiger partial charge in [0.25, 0.3) is 0 Å². The van der Waals surface area contributed by atoms with Crippen molar-refractivity contribution in [1.29, 1.82) is 0 Å². The zero-order valence-corrected chi connectivity index (χ0v) is 18.1. The molecule has 1 aliphatic rings. The maximum Gasteiger partial charge on any atom is 0.240 e. The van der Waals surface area contributed by atoms with E-state index >= 15 is 0 Å². The first-order valence-corrected chi connectivity index (χ1v) is 11.0. The Morgan fingerprint density at radius 2 is 1.76 bits per heavy atom. The monoisotopic (exact) mass is 416 g/mol. The van der Waals surface area contributed by atoms with Gasteiger partial charge in [0.05, 0.1) is 11.4 Å². The summed E-state index contributed by atoms with van der Waals surface area (Å²) in [5, 5.41) is 10.2. The third-order valence-corrected chi connectivity index (χ3v) is 5.90. The first kappa shape index (κ1) is 20.2. The number of thiophene rings is 1. The molecule has 0 spiro atoms. The van der Waals surface area contributed by atoms with E-state index in [0.717, 1.165) is 68.7 Å². The van der Waals surface area contributed by atoms with Gasteiger partial charge in [0.2, 0.25) is 17.6 Å². The van der Waals surface area contributed by atoms with Gasteiger partial charge in [-0.15, -0.1) is 11.3 Å². The van der Waals surface area contributed by atoms with E-state index in [1.165, 1.54) is 0 Å². The second-order valence-corrected chi connectivity index (χ2v) is 9.42. The van der Waals surface area contributed by atoms with E-state index in [2.05, 4.69) is 50.9 Å². The highest BCUT2D eigenvalue weighted by Crippen LogP contribution is 2.22. The topological polar surface area (TPSA) is 84.3 Å². The van der Waals surface area contributed by atoms with Crippen molar-refractivity contribution in [1.82, 2.24) is 30.1 Å². The minimum atomic E-state index is -0.0800. The van der Waals surface area contributed by atoms with Gasteiger partial charge in [-0.25, -0.2) is 0 Å². The Morgan fingerprint density at radius 3 is 2.45 bits per heavy atom. The minimum absolute atomic E-state index is 0.0800. The van der Waals surface area contributed by atoms with Crippen molar-refractivity contribution < 1.29 is 9.05 Å². The van der Waals surface area contributed by atoms with Crippen LogP contribution in [0.5, 0.6) is 0 Å². The molecule has 0 unspecified atom stereocenters. The number of rotatable bonds is 7. The first-order chi connectivity index (χ1) is 14.0. The van der Waals surface area contributed by atoms with Gasteiger partial charge >= 0.3 is 0 Å². The quantitative estimate of drug-likeness (QED) is 0.580. The van der Waals surface area contributed by atoms with Crippen LogP contribution in [0.15, 0.2) is 26.6 Å². The summed E-state index contributed by atoms with van der Waals surface area (Å²) in [4.78, 5) is 15.0. The third kappa shape index (κ3) is 5.29. The van der Waals surface area contributed by atoms with Crippen molar-refractivity contribution in [3.05, 3.63) is 35.1 Å². The Kier molecular flexibility index (Phi) is 6.07. The van der Waals surface area contributed by atoms with Gasteiger partial charge in [0.1, 0.15) is 0 Å². The molecule has 1 aliphatic heterocycles. The predicted octanol–water partition coefficient (Wildman–Crippen LogP) is 3.23. The normalized spacial score (nSPS) is 16.5. The fourth-order valence-corrected chi connectivity index (χ4v) is 3.95. The minimum Gasteiger partial charge on any atom is -0.339 e. The van der Waals surface area contributed by atoms with Gasteiger partial charge in [0.15, 0.2) is 5.82 Å². The lowest BCUT2D eigenvalue weighted by Gasteiger charge is -2.33. The van der Waals surface area contributed by atoms with Gasteiger partial charge in [-0.2, -0.15) is 9.97 Å². The molecule has 0 radical (unpaired) electrons. The van der Waals surface area contributed by atoms with Crippen LogP contribution in [-0.2, 0) is 18.4 Å². The largest absolute Gasteiger partial charge is 0.339 e. The van der Waals surface area contributed by atoms with Gasteiger partial charge in [-0.3, -0.25) is 4.90 Å². The number of aryl methyl sites for hydroxylation is 1. The highest BCUT2D eigenvalue weighted by Gasteiger charge is 2.23. The number of aromatic nitrogens is 4. The summed E-state index contributed by atoms with van der Waals surface area (Å²) < 4.78 is 10.8. The van der Waals surface area contributed by atoms with E-state index < -0.39 is 0 Å². The second kappa shape index (κ2) is 8.73. The smallest absolute Gasteiger partial charge is 0.240 e. The van der Waals surface area contributed by atoms with Crippen LogP contribution in [0.3, 0.4) is 0 Å². The lowest BCUT2D eigenvalue weighted by molar-refractivity contribution is 0.115. The molecule has 0 N–H and O–H groups in total. The number of nitrogens with zero attached hydrogens (tertiary/aromatic N) is 6. The molecule has 1 fully saturated rings. The number of hydrogen-bond donors (Lipinski definition) is 0. The van der Waals surface area contributed by atoms with Crippen LogP contribution in [0.1, 0.15) is 44.8 Å². The molecule has 8 nitrogen and oxygen atoms in total. The Labute approximate surface area is 174 Å². The van der Waals surface area contributed by atoms with Gasteiger partial charge in [-0.1, -0.05) is 37.2 Å². The predicted molar refractivity (Wildman–Crippen MR) is 111 cm³/mol. The summed E-state index contributed by atoms with van der Waals surface area (Å²) >= 11 is 1.63. The average molecular weight is 417 g/mol. The van der Waals surface area contributed by atoms with Crippen LogP contribution in [-0.4, -0.2) is 62.8 Å². The maximum atomic E-state index is 5.42. The molecule has 0 saturated carbocycles. The molecule has 0 atom stereocenters. The van der Waals surface area contributed by atoms with E-state index in [0.29, 0.717) is 11.7 Å². The molecule has 0 aromatic carbocycles. The van der Waals surface area contributed by atoms with E-state index in [1.54, 1.807) is 11.3 Å². The third-order valence-electron chi connectivity index (χ3n) is 5.04. The van der Waals surface area contributed by atoms with E-state index in [4.69, 9.17) is 9.05 Å². The molecule has 1 saturated heterocycles. The fourth-order valence-electron chi connectivity index (χ4n) is 3.30. The van der Waals surface area contributed by atoms with Crippen LogP contribution >= 0.6 is 11.3 Å². The summed E-state index contributed by atoms with van der Waals surface area (Å²) in [6.45, 7) is 12.2. The van der Waals surface area contributed by atoms with Crippen molar-refractivity contribution in [3.63, 3.8) is 0 Å². The summed E-state index contributed by atoms with van der Waals surface area (Å²) in [6.07, 6.45) is 1.83. The molecule has 4 heterocycles. The van der Waals surface area contributed by atoms with Crippen LogP contribution in [0, 0.1) is 0 Å². The number of hydrogen-bond acceptors (Lipinski definition) is 9. The summed E-state index contributed by atoms with van der Waals surface area (Å²) in [5.74, 6) is 2.90. The van der Waals surface area contributed by atoms with Crippen LogP contribution in [0.2, 0.25) is 0 Å². The molecule has 0 bridgehead atoms.